The Morgan fingerprint density at radius 2 is 1.96 bits per heavy atom. The second kappa shape index (κ2) is 7.25. The van der Waals surface area contributed by atoms with E-state index in [1.807, 2.05) is 0 Å². The molecule has 0 atom stereocenters. The highest BCUT2D eigenvalue weighted by Gasteiger charge is 2.21. The molecule has 0 radical (unpaired) electrons. The van der Waals surface area contributed by atoms with Crippen LogP contribution in [0.2, 0.25) is 0 Å². The summed E-state index contributed by atoms with van der Waals surface area (Å²) in [7, 11) is -3.25. The van der Waals surface area contributed by atoms with Gasteiger partial charge in [-0.05, 0) is 37.0 Å². The number of hydrogen-bond acceptors (Lipinski definition) is 6. The van der Waals surface area contributed by atoms with Gasteiger partial charge in [-0.2, -0.15) is 0 Å². The lowest BCUT2D eigenvalue weighted by atomic mass is 10.0. The van der Waals surface area contributed by atoms with Gasteiger partial charge >= 0.3 is 0 Å². The predicted molar refractivity (Wildman–Crippen MR) is 101 cm³/mol. The molecule has 2 heterocycles. The first-order valence-electron chi connectivity index (χ1n) is 8.76. The molecule has 1 saturated heterocycles. The van der Waals surface area contributed by atoms with Gasteiger partial charge in [0, 0.05) is 37.3 Å². The largest absolute Gasteiger partial charge is 0.367 e. The smallest absolute Gasteiger partial charge is 0.175 e. The third kappa shape index (κ3) is 4.46. The van der Waals surface area contributed by atoms with Crippen LogP contribution in [0.5, 0.6) is 0 Å². The molecule has 1 fully saturated rings. The summed E-state index contributed by atoms with van der Waals surface area (Å²) >= 11 is 0. The maximum atomic E-state index is 11.8. The molecule has 25 heavy (non-hydrogen) atoms. The van der Waals surface area contributed by atoms with E-state index in [2.05, 4.69) is 34.0 Å². The Balaban J connectivity index is 1.78. The van der Waals surface area contributed by atoms with E-state index in [9.17, 15) is 8.42 Å². The van der Waals surface area contributed by atoms with E-state index in [1.165, 1.54) is 12.6 Å². The van der Waals surface area contributed by atoms with Crippen LogP contribution < -0.4 is 5.32 Å². The molecule has 0 aliphatic carbocycles. The quantitative estimate of drug-likeness (QED) is 0.881. The number of likely N-dealkylation sites (tertiary alicyclic amines) is 1. The van der Waals surface area contributed by atoms with Crippen LogP contribution in [0.1, 0.15) is 26.7 Å². The van der Waals surface area contributed by atoms with Crippen molar-refractivity contribution in [3.63, 3.8) is 0 Å². The first kappa shape index (κ1) is 18.1. The molecule has 0 bridgehead atoms. The van der Waals surface area contributed by atoms with E-state index in [0.29, 0.717) is 16.9 Å². The highest BCUT2D eigenvalue weighted by molar-refractivity contribution is 7.90. The molecule has 6 nitrogen and oxygen atoms in total. The molecule has 1 aliphatic rings. The Bertz CT molecular complexity index is 843. The van der Waals surface area contributed by atoms with Crippen molar-refractivity contribution in [1.82, 2.24) is 14.9 Å². The summed E-state index contributed by atoms with van der Waals surface area (Å²) in [4.78, 5) is 11.4. The van der Waals surface area contributed by atoms with Crippen molar-refractivity contribution in [1.29, 1.82) is 0 Å². The Labute approximate surface area is 149 Å². The van der Waals surface area contributed by atoms with Crippen molar-refractivity contribution in [2.45, 2.75) is 37.6 Å². The zero-order chi connectivity index (χ0) is 18.0. The van der Waals surface area contributed by atoms with Crippen LogP contribution in [0.4, 0.5) is 5.82 Å². The summed E-state index contributed by atoms with van der Waals surface area (Å²) in [5.74, 6) is 1.41. The molecule has 1 aliphatic heterocycles. The Morgan fingerprint density at radius 1 is 1.24 bits per heavy atom. The van der Waals surface area contributed by atoms with Crippen LogP contribution in [0.3, 0.4) is 0 Å². The van der Waals surface area contributed by atoms with Gasteiger partial charge in [0.15, 0.2) is 9.84 Å². The lowest BCUT2D eigenvalue weighted by molar-refractivity contribution is 0.198. The third-order valence-corrected chi connectivity index (χ3v) is 5.70. The van der Waals surface area contributed by atoms with Gasteiger partial charge in [-0.15, -0.1) is 0 Å². The molecule has 0 unspecified atom stereocenters. The summed E-state index contributed by atoms with van der Waals surface area (Å²) in [5, 5.41) is 4.26. The maximum absolute atomic E-state index is 11.8. The number of anilines is 1. The number of nitrogens with zero attached hydrogens (tertiary/aromatic N) is 3. The Morgan fingerprint density at radius 3 is 2.60 bits per heavy atom. The number of piperidine rings is 1. The van der Waals surface area contributed by atoms with E-state index in [0.717, 1.165) is 49.2 Å². The predicted octanol–water partition coefficient (Wildman–Crippen LogP) is 2.57. The number of rotatable bonds is 5. The molecule has 1 N–H and O–H groups in total. The van der Waals surface area contributed by atoms with Crippen molar-refractivity contribution in [2.24, 2.45) is 5.92 Å². The molecule has 2 aromatic rings. The molecule has 136 valence electrons. The first-order valence-corrected chi connectivity index (χ1v) is 10.7. The van der Waals surface area contributed by atoms with E-state index >= 15 is 0 Å². The summed E-state index contributed by atoms with van der Waals surface area (Å²) < 4.78 is 23.7. The molecule has 7 heteroatoms. The molecule has 1 aromatic heterocycles. The highest BCUT2D eigenvalue weighted by Crippen LogP contribution is 2.25. The fourth-order valence-corrected chi connectivity index (χ4v) is 4.00. The average molecular weight is 362 g/mol. The Hall–Kier alpha value is -1.73. The van der Waals surface area contributed by atoms with E-state index in [4.69, 9.17) is 0 Å². The number of fused-ring (bicyclic) bond motifs is 1. The lowest BCUT2D eigenvalue weighted by Gasteiger charge is -2.33. The van der Waals surface area contributed by atoms with Crippen LogP contribution in [0, 0.1) is 5.92 Å². The summed E-state index contributed by atoms with van der Waals surface area (Å²) in [6.07, 6.45) is 4.86. The second-order valence-electron chi connectivity index (χ2n) is 7.29. The van der Waals surface area contributed by atoms with Crippen molar-refractivity contribution in [3.05, 3.63) is 24.5 Å². The van der Waals surface area contributed by atoms with Crippen LogP contribution in [-0.2, 0) is 9.84 Å². The molecular formula is C18H26N4O2S. The standard InChI is InChI=1S/C18H26N4O2S/c1-13(2)11-22-8-6-14(7-9-22)21-18-16-10-15(25(3,23)24)4-5-17(16)19-12-20-18/h4-5,10,12-14H,6-9,11H2,1-3H3,(H,19,20,21). The molecular weight excluding hydrogens is 336 g/mol. The summed E-state index contributed by atoms with van der Waals surface area (Å²) in [5.41, 5.74) is 0.752. The average Bonchev–Trinajstić information content (AvgIpc) is 2.55. The number of hydrogen-bond donors (Lipinski definition) is 1. The van der Waals surface area contributed by atoms with Gasteiger partial charge in [0.2, 0.25) is 0 Å². The summed E-state index contributed by atoms with van der Waals surface area (Å²) in [6.45, 7) is 7.79. The molecule has 1 aromatic carbocycles. The highest BCUT2D eigenvalue weighted by atomic mass is 32.2. The molecule has 0 spiro atoms. The topological polar surface area (TPSA) is 75.2 Å². The van der Waals surface area contributed by atoms with E-state index < -0.39 is 9.84 Å². The van der Waals surface area contributed by atoms with Gasteiger partial charge < -0.3 is 10.2 Å². The minimum atomic E-state index is -3.25. The van der Waals surface area contributed by atoms with Crippen LogP contribution in [0.15, 0.2) is 29.4 Å². The van der Waals surface area contributed by atoms with Gasteiger partial charge in [-0.1, -0.05) is 13.8 Å². The van der Waals surface area contributed by atoms with Gasteiger partial charge in [0.1, 0.15) is 12.1 Å². The second-order valence-corrected chi connectivity index (χ2v) is 9.30. The third-order valence-electron chi connectivity index (χ3n) is 4.59. The molecule has 0 amide bonds. The zero-order valence-corrected chi connectivity index (χ0v) is 15.9. The normalized spacial score (nSPS) is 17.3. The fourth-order valence-electron chi connectivity index (χ4n) is 3.35. The van der Waals surface area contributed by atoms with Crippen molar-refractivity contribution in [3.8, 4) is 0 Å². The minimum Gasteiger partial charge on any atom is -0.367 e. The van der Waals surface area contributed by atoms with Crippen LogP contribution in [-0.4, -0.2) is 55.2 Å². The van der Waals surface area contributed by atoms with Gasteiger partial charge in [-0.3, -0.25) is 0 Å². The summed E-state index contributed by atoms with van der Waals surface area (Å²) in [6, 6.07) is 5.35. The first-order chi connectivity index (χ1) is 11.8. The van der Waals surface area contributed by atoms with Gasteiger partial charge in [0.25, 0.3) is 0 Å². The van der Waals surface area contributed by atoms with Crippen LogP contribution in [0.25, 0.3) is 10.9 Å². The monoisotopic (exact) mass is 362 g/mol. The van der Waals surface area contributed by atoms with Gasteiger partial charge in [-0.25, -0.2) is 18.4 Å². The fraction of sp³-hybridized carbons (Fsp3) is 0.556. The van der Waals surface area contributed by atoms with Crippen molar-refractivity contribution >= 4 is 26.6 Å². The van der Waals surface area contributed by atoms with Crippen molar-refractivity contribution < 1.29 is 8.42 Å². The Kier molecular flexibility index (Phi) is 5.24. The number of nitrogens with one attached hydrogen (secondary N) is 1. The van der Waals surface area contributed by atoms with E-state index in [1.54, 1.807) is 18.2 Å². The SMILES string of the molecule is CC(C)CN1CCC(Nc2ncnc3ccc(S(C)(=O)=O)cc23)CC1. The maximum Gasteiger partial charge on any atom is 0.175 e. The van der Waals surface area contributed by atoms with Crippen molar-refractivity contribution in [2.75, 3.05) is 31.2 Å². The van der Waals surface area contributed by atoms with Gasteiger partial charge in [0.05, 0.1) is 10.4 Å². The zero-order valence-electron chi connectivity index (χ0n) is 15.1. The number of aromatic nitrogens is 2. The number of sulfone groups is 1. The van der Waals surface area contributed by atoms with Crippen LogP contribution >= 0.6 is 0 Å². The molecule has 0 saturated carbocycles. The number of benzene rings is 1. The minimum absolute atomic E-state index is 0.296. The lowest BCUT2D eigenvalue weighted by Crippen LogP contribution is -2.40. The van der Waals surface area contributed by atoms with E-state index in [-0.39, 0.29) is 0 Å². The molecule has 3 rings (SSSR count).